The maximum atomic E-state index is 5.89. The number of hydrogen-bond acceptors (Lipinski definition) is 6. The number of nitrogen functional groups attached to an aromatic ring is 1. The lowest BCUT2D eigenvalue weighted by Gasteiger charge is -2.13. The molecule has 0 fully saturated rings. The molecule has 7 heteroatoms. The zero-order chi connectivity index (χ0) is 13.0. The van der Waals surface area contributed by atoms with Gasteiger partial charge in [-0.1, -0.05) is 0 Å². The first-order valence-corrected chi connectivity index (χ1v) is 5.68. The van der Waals surface area contributed by atoms with Crippen LogP contribution in [0.15, 0.2) is 18.5 Å². The van der Waals surface area contributed by atoms with Gasteiger partial charge in [0.05, 0.1) is 18.9 Å². The Morgan fingerprint density at radius 2 is 1.89 bits per heavy atom. The Balaban J connectivity index is 2.49. The molecule has 0 saturated heterocycles. The van der Waals surface area contributed by atoms with Gasteiger partial charge in [-0.25, -0.2) is 0 Å². The zero-order valence-corrected chi connectivity index (χ0v) is 10.3. The normalized spacial score (nSPS) is 10.3. The van der Waals surface area contributed by atoms with E-state index >= 15 is 0 Å². The van der Waals surface area contributed by atoms with Crippen LogP contribution in [0, 0.1) is 0 Å². The van der Waals surface area contributed by atoms with Gasteiger partial charge in [0.25, 0.3) is 0 Å². The van der Waals surface area contributed by atoms with Gasteiger partial charge in [0.15, 0.2) is 0 Å². The number of rotatable bonds is 5. The van der Waals surface area contributed by atoms with E-state index in [9.17, 15) is 0 Å². The molecule has 1 aromatic carbocycles. The predicted octanol–water partition coefficient (Wildman–Crippen LogP) is 1.04. The summed E-state index contributed by atoms with van der Waals surface area (Å²) in [4.78, 5) is 0. The van der Waals surface area contributed by atoms with Crippen LogP contribution in [0.5, 0.6) is 11.5 Å². The van der Waals surface area contributed by atoms with Crippen molar-refractivity contribution < 1.29 is 9.47 Å². The molecule has 0 atom stereocenters. The van der Waals surface area contributed by atoms with Gasteiger partial charge in [-0.3, -0.25) is 0 Å². The number of aromatic nitrogens is 4. The van der Waals surface area contributed by atoms with E-state index in [1.807, 2.05) is 13.8 Å². The summed E-state index contributed by atoms with van der Waals surface area (Å²) in [5.41, 5.74) is 7.11. The van der Waals surface area contributed by atoms with E-state index in [-0.39, 0.29) is 0 Å². The largest absolute Gasteiger partial charge is 0.492 e. The van der Waals surface area contributed by atoms with E-state index in [4.69, 9.17) is 15.2 Å². The van der Waals surface area contributed by atoms with Crippen LogP contribution in [-0.2, 0) is 0 Å². The quantitative estimate of drug-likeness (QED) is 0.796. The van der Waals surface area contributed by atoms with E-state index in [0.717, 1.165) is 0 Å². The fourth-order valence-electron chi connectivity index (χ4n) is 1.57. The Morgan fingerprint density at radius 3 is 2.50 bits per heavy atom. The Hall–Kier alpha value is -2.31. The predicted molar refractivity (Wildman–Crippen MR) is 65.9 cm³/mol. The second-order valence-electron chi connectivity index (χ2n) is 3.48. The zero-order valence-electron chi connectivity index (χ0n) is 10.3. The summed E-state index contributed by atoms with van der Waals surface area (Å²) in [6, 6.07) is 3.48. The van der Waals surface area contributed by atoms with Gasteiger partial charge in [0, 0.05) is 12.1 Å². The summed E-state index contributed by atoms with van der Waals surface area (Å²) in [6.45, 7) is 4.86. The molecule has 0 bridgehead atoms. The molecule has 0 spiro atoms. The highest BCUT2D eigenvalue weighted by Gasteiger charge is 2.12. The molecule has 0 saturated carbocycles. The highest BCUT2D eigenvalue weighted by molar-refractivity contribution is 5.64. The van der Waals surface area contributed by atoms with Crippen molar-refractivity contribution in [1.82, 2.24) is 20.2 Å². The topological polar surface area (TPSA) is 88.1 Å². The third kappa shape index (κ3) is 2.34. The average molecular weight is 249 g/mol. The van der Waals surface area contributed by atoms with Gasteiger partial charge in [0.2, 0.25) is 0 Å². The molecule has 0 radical (unpaired) electrons. The van der Waals surface area contributed by atoms with Crippen molar-refractivity contribution in [3.05, 3.63) is 18.5 Å². The van der Waals surface area contributed by atoms with Crippen molar-refractivity contribution in [2.45, 2.75) is 13.8 Å². The minimum atomic E-state index is 0.525. The van der Waals surface area contributed by atoms with Crippen LogP contribution in [-0.4, -0.2) is 33.4 Å². The lowest BCUT2D eigenvalue weighted by Crippen LogP contribution is -2.05. The Morgan fingerprint density at radius 1 is 1.17 bits per heavy atom. The van der Waals surface area contributed by atoms with Crippen LogP contribution in [0.2, 0.25) is 0 Å². The Kier molecular flexibility index (Phi) is 3.61. The molecule has 1 aromatic heterocycles. The van der Waals surface area contributed by atoms with E-state index < -0.39 is 0 Å². The number of anilines is 1. The fourth-order valence-corrected chi connectivity index (χ4v) is 1.57. The molecule has 2 aromatic rings. The first kappa shape index (κ1) is 12.2. The van der Waals surface area contributed by atoms with Gasteiger partial charge in [-0.05, 0) is 24.3 Å². The fraction of sp³-hybridized carbons (Fsp3) is 0.364. The monoisotopic (exact) mass is 249 g/mol. The average Bonchev–Trinajstić information content (AvgIpc) is 2.86. The van der Waals surface area contributed by atoms with Crippen molar-refractivity contribution in [2.24, 2.45) is 0 Å². The Bertz CT molecular complexity index is 512. The third-order valence-electron chi connectivity index (χ3n) is 2.29. The Labute approximate surface area is 104 Å². The molecule has 2 N–H and O–H groups in total. The van der Waals surface area contributed by atoms with Crippen molar-refractivity contribution in [3.63, 3.8) is 0 Å². The minimum absolute atomic E-state index is 0.525. The lowest BCUT2D eigenvalue weighted by atomic mass is 10.2. The van der Waals surface area contributed by atoms with Crippen molar-refractivity contribution in [3.8, 4) is 17.2 Å². The summed E-state index contributed by atoms with van der Waals surface area (Å²) in [5, 5.41) is 11.0. The van der Waals surface area contributed by atoms with Gasteiger partial charge < -0.3 is 15.2 Å². The van der Waals surface area contributed by atoms with Crippen LogP contribution >= 0.6 is 0 Å². The van der Waals surface area contributed by atoms with Crippen LogP contribution in [0.4, 0.5) is 5.69 Å². The highest BCUT2D eigenvalue weighted by atomic mass is 16.5. The molecule has 0 unspecified atom stereocenters. The van der Waals surface area contributed by atoms with Gasteiger partial charge >= 0.3 is 0 Å². The summed E-state index contributed by atoms with van der Waals surface area (Å²) in [6.07, 6.45) is 1.49. The van der Waals surface area contributed by atoms with Crippen molar-refractivity contribution in [2.75, 3.05) is 18.9 Å². The molecule has 1 heterocycles. The number of benzene rings is 1. The number of hydrogen-bond donors (Lipinski definition) is 1. The molecule has 2 rings (SSSR count). The van der Waals surface area contributed by atoms with E-state index in [0.29, 0.717) is 36.1 Å². The van der Waals surface area contributed by atoms with E-state index in [1.54, 1.807) is 12.1 Å². The van der Waals surface area contributed by atoms with Crippen molar-refractivity contribution in [1.29, 1.82) is 0 Å². The molecule has 0 aliphatic carbocycles. The maximum Gasteiger partial charge on any atom is 0.147 e. The maximum absolute atomic E-state index is 5.89. The summed E-state index contributed by atoms with van der Waals surface area (Å²) in [5.74, 6) is 1.21. The van der Waals surface area contributed by atoms with E-state index in [1.165, 1.54) is 11.0 Å². The first-order chi connectivity index (χ1) is 8.76. The standard InChI is InChI=1S/C11H15N5O2/c1-3-17-10-6-9(16-7-13-14-15-16)11(18-4-2)5-8(10)12/h5-7H,3-4,12H2,1-2H3. The van der Waals surface area contributed by atoms with Crippen molar-refractivity contribution >= 4 is 5.69 Å². The van der Waals surface area contributed by atoms with Gasteiger partial charge in [-0.2, -0.15) is 4.68 Å². The van der Waals surface area contributed by atoms with Gasteiger partial charge in [-0.15, -0.1) is 5.10 Å². The molecule has 0 aliphatic rings. The van der Waals surface area contributed by atoms with Gasteiger partial charge in [0.1, 0.15) is 23.5 Å². The molecule has 96 valence electrons. The molecular formula is C11H15N5O2. The minimum Gasteiger partial charge on any atom is -0.492 e. The van der Waals surface area contributed by atoms with E-state index in [2.05, 4.69) is 15.5 Å². The lowest BCUT2D eigenvalue weighted by molar-refractivity contribution is 0.330. The van der Waals surface area contributed by atoms with Crippen LogP contribution in [0.25, 0.3) is 5.69 Å². The number of ether oxygens (including phenoxy) is 2. The smallest absolute Gasteiger partial charge is 0.147 e. The second kappa shape index (κ2) is 5.35. The summed E-state index contributed by atoms with van der Waals surface area (Å²) in [7, 11) is 0. The molecule has 18 heavy (non-hydrogen) atoms. The number of nitrogens with zero attached hydrogens (tertiary/aromatic N) is 4. The molecule has 0 amide bonds. The van der Waals surface area contributed by atoms with Crippen LogP contribution in [0.1, 0.15) is 13.8 Å². The summed E-state index contributed by atoms with van der Waals surface area (Å²) < 4.78 is 12.5. The highest BCUT2D eigenvalue weighted by Crippen LogP contribution is 2.33. The number of tetrazole rings is 1. The molecule has 7 nitrogen and oxygen atoms in total. The second-order valence-corrected chi connectivity index (χ2v) is 3.48. The molecule has 0 aliphatic heterocycles. The molecular weight excluding hydrogens is 234 g/mol. The first-order valence-electron chi connectivity index (χ1n) is 5.68. The third-order valence-corrected chi connectivity index (χ3v) is 2.29. The number of nitrogens with two attached hydrogens (primary N) is 1. The SMILES string of the molecule is CCOc1cc(-n2cnnn2)c(OCC)cc1N. The summed E-state index contributed by atoms with van der Waals surface area (Å²) >= 11 is 0. The van der Waals surface area contributed by atoms with Crippen LogP contribution < -0.4 is 15.2 Å². The van der Waals surface area contributed by atoms with Crippen LogP contribution in [0.3, 0.4) is 0 Å².